The summed E-state index contributed by atoms with van der Waals surface area (Å²) in [5.41, 5.74) is 3.25. The number of benzene rings is 2. The fourth-order valence-electron chi connectivity index (χ4n) is 9.96. The molecule has 5 aromatic rings. The van der Waals surface area contributed by atoms with Gasteiger partial charge in [0.05, 0.1) is 22.2 Å². The Morgan fingerprint density at radius 3 is 2.26 bits per heavy atom. The van der Waals surface area contributed by atoms with E-state index in [0.717, 1.165) is 93.2 Å². The summed E-state index contributed by atoms with van der Waals surface area (Å²) < 4.78 is 50.4. The molecule has 4 fully saturated rings. The molecule has 1 saturated carbocycles. The number of hydrogen-bond donors (Lipinski definition) is 1. The standard InChI is InChI=1S/C45H45F3N8O5/c46-36-19-29(28-1-3-32-35-23-49-10-7-37(35)55(45(47)48)39(32)20-28)22-50-42(36)61-31-17-27(18-31)25-52-11-8-26(9-12-52)24-53-13-15-54(16-14-53)30-2-4-33-34(21-30)44(60)56(43(33)59)38-5-6-40(57)51-41(38)58/h1-4,7,10,19-23,26-27,31,38,45H,5-6,8-9,11-18,24-25H2,(H,51,57,58). The summed E-state index contributed by atoms with van der Waals surface area (Å²) in [6.07, 6.45) is 8.64. The van der Waals surface area contributed by atoms with Crippen molar-refractivity contribution in [3.05, 3.63) is 84.1 Å². The van der Waals surface area contributed by atoms with Crippen molar-refractivity contribution in [3.8, 4) is 17.0 Å². The Balaban J connectivity index is 0.661. The molecular formula is C45H45F3N8O5. The van der Waals surface area contributed by atoms with Gasteiger partial charge in [-0.15, -0.1) is 0 Å². The minimum absolute atomic E-state index is 0.0417. The molecule has 0 bridgehead atoms. The predicted octanol–water partition coefficient (Wildman–Crippen LogP) is 5.88. The average molecular weight is 835 g/mol. The van der Waals surface area contributed by atoms with Crippen LogP contribution in [0.5, 0.6) is 5.88 Å². The molecule has 1 aliphatic carbocycles. The Morgan fingerprint density at radius 1 is 0.754 bits per heavy atom. The lowest BCUT2D eigenvalue weighted by molar-refractivity contribution is -0.136. The van der Waals surface area contributed by atoms with Crippen molar-refractivity contribution in [2.24, 2.45) is 11.8 Å². The Morgan fingerprint density at radius 2 is 1.51 bits per heavy atom. The smallest absolute Gasteiger partial charge is 0.319 e. The van der Waals surface area contributed by atoms with Crippen LogP contribution in [0.15, 0.2) is 67.1 Å². The van der Waals surface area contributed by atoms with Crippen LogP contribution in [0.1, 0.15) is 65.8 Å². The molecular weight excluding hydrogens is 790 g/mol. The quantitative estimate of drug-likeness (QED) is 0.170. The molecule has 1 N–H and O–H groups in total. The molecule has 13 nitrogen and oxygen atoms in total. The number of halogens is 3. The second-order valence-corrected chi connectivity index (χ2v) is 17.1. The van der Waals surface area contributed by atoms with Crippen LogP contribution < -0.4 is 15.0 Å². The maximum atomic E-state index is 15.3. The number of nitrogens with one attached hydrogen (secondary N) is 1. The molecule has 2 aromatic carbocycles. The SMILES string of the molecule is O=C1CCC(N2C(=O)c3ccc(N4CCN(CC5CCN(CC6CC(Oc7ncc(-c8ccc9c%10cnccc%10n(C(F)F)c9c8)cc7F)C6)CC5)CC4)cc3C2=O)C(=O)N1. The second kappa shape index (κ2) is 15.9. The van der Waals surface area contributed by atoms with Gasteiger partial charge in [0.1, 0.15) is 12.1 Å². The Kier molecular flexibility index (Phi) is 10.2. The number of alkyl halides is 2. The van der Waals surface area contributed by atoms with E-state index in [2.05, 4.69) is 30.0 Å². The molecule has 3 aromatic heterocycles. The van der Waals surface area contributed by atoms with E-state index in [4.69, 9.17) is 4.74 Å². The number of nitrogens with zero attached hydrogens (tertiary/aromatic N) is 7. The van der Waals surface area contributed by atoms with Crippen LogP contribution in [-0.4, -0.2) is 117 Å². The molecule has 5 aliphatic rings. The van der Waals surface area contributed by atoms with Crippen molar-refractivity contribution in [1.29, 1.82) is 0 Å². The Hall–Kier alpha value is -5.87. The lowest BCUT2D eigenvalue weighted by atomic mass is 9.81. The third-order valence-electron chi connectivity index (χ3n) is 13.3. The van der Waals surface area contributed by atoms with Crippen LogP contribution in [0.3, 0.4) is 0 Å². The number of piperazine rings is 1. The minimum atomic E-state index is -2.75. The summed E-state index contributed by atoms with van der Waals surface area (Å²) in [5.74, 6) is -1.52. The van der Waals surface area contributed by atoms with Crippen LogP contribution in [0, 0.1) is 17.7 Å². The van der Waals surface area contributed by atoms with Gasteiger partial charge in [-0.05, 0) is 99.0 Å². The van der Waals surface area contributed by atoms with Gasteiger partial charge in [-0.2, -0.15) is 8.78 Å². The van der Waals surface area contributed by atoms with Gasteiger partial charge in [0.25, 0.3) is 17.7 Å². The van der Waals surface area contributed by atoms with E-state index in [1.54, 1.807) is 42.6 Å². The molecule has 7 heterocycles. The summed E-state index contributed by atoms with van der Waals surface area (Å²) in [6, 6.07) is 12.4. The number of hydrogen-bond acceptors (Lipinski definition) is 10. The molecule has 4 aliphatic heterocycles. The summed E-state index contributed by atoms with van der Waals surface area (Å²) in [6.45, 7) is 4.78. The van der Waals surface area contributed by atoms with Gasteiger partial charge < -0.3 is 14.5 Å². The first-order chi connectivity index (χ1) is 29.6. The number of carbonyl (C=O) groups is 4. The molecule has 0 radical (unpaired) electrons. The van der Waals surface area contributed by atoms with Crippen LogP contribution in [0.2, 0.25) is 0 Å². The topological polar surface area (TPSA) is 133 Å². The van der Waals surface area contributed by atoms with Gasteiger partial charge >= 0.3 is 6.55 Å². The lowest BCUT2D eigenvalue weighted by Crippen LogP contribution is -2.54. The molecule has 61 heavy (non-hydrogen) atoms. The van der Waals surface area contributed by atoms with Crippen molar-refractivity contribution in [2.75, 3.05) is 57.3 Å². The summed E-state index contributed by atoms with van der Waals surface area (Å²) >= 11 is 0. The molecule has 0 spiro atoms. The van der Waals surface area contributed by atoms with Crippen LogP contribution in [0.25, 0.3) is 32.9 Å². The van der Waals surface area contributed by atoms with Gasteiger partial charge in [-0.3, -0.25) is 43.8 Å². The highest BCUT2D eigenvalue weighted by atomic mass is 19.3. The molecule has 1 unspecified atom stereocenters. The number of rotatable bonds is 10. The molecule has 4 amide bonds. The van der Waals surface area contributed by atoms with Crippen LogP contribution >= 0.6 is 0 Å². The van der Waals surface area contributed by atoms with E-state index < -0.39 is 42.0 Å². The Labute approximate surface area is 349 Å². The van der Waals surface area contributed by atoms with Crippen molar-refractivity contribution in [3.63, 3.8) is 0 Å². The normalized spacial score (nSPS) is 23.0. The molecule has 3 saturated heterocycles. The maximum Gasteiger partial charge on any atom is 0.319 e. The first-order valence-corrected chi connectivity index (χ1v) is 21.1. The number of likely N-dealkylation sites (tertiary alicyclic amines) is 1. The summed E-state index contributed by atoms with van der Waals surface area (Å²) in [7, 11) is 0. The van der Waals surface area contributed by atoms with E-state index in [1.807, 2.05) is 6.07 Å². The molecule has 16 heteroatoms. The van der Waals surface area contributed by atoms with Crippen molar-refractivity contribution in [2.45, 2.75) is 57.2 Å². The molecule has 10 rings (SSSR count). The average Bonchev–Trinajstić information content (AvgIpc) is 3.71. The number of amides is 4. The van der Waals surface area contributed by atoms with Gasteiger partial charge in [-0.1, -0.05) is 12.1 Å². The van der Waals surface area contributed by atoms with Gasteiger partial charge in [0.2, 0.25) is 11.8 Å². The highest BCUT2D eigenvalue weighted by Crippen LogP contribution is 2.38. The monoisotopic (exact) mass is 834 g/mol. The second-order valence-electron chi connectivity index (χ2n) is 17.1. The van der Waals surface area contributed by atoms with E-state index >= 15 is 4.39 Å². The third kappa shape index (κ3) is 7.39. The largest absolute Gasteiger partial charge is 0.472 e. The predicted molar refractivity (Wildman–Crippen MR) is 220 cm³/mol. The summed E-state index contributed by atoms with van der Waals surface area (Å²) in [5, 5.41) is 3.52. The zero-order valence-electron chi connectivity index (χ0n) is 33.4. The van der Waals surface area contributed by atoms with Crippen molar-refractivity contribution in [1.82, 2.24) is 34.6 Å². The van der Waals surface area contributed by atoms with Gasteiger partial charge in [0, 0.05) is 86.3 Å². The van der Waals surface area contributed by atoms with Gasteiger partial charge in [0.15, 0.2) is 5.82 Å². The van der Waals surface area contributed by atoms with E-state index in [-0.39, 0.29) is 30.4 Å². The van der Waals surface area contributed by atoms with Crippen LogP contribution in [-0.2, 0) is 9.59 Å². The minimum Gasteiger partial charge on any atom is -0.472 e. The number of aromatic nitrogens is 3. The Bertz CT molecular complexity index is 2560. The third-order valence-corrected chi connectivity index (χ3v) is 13.3. The number of imide groups is 2. The first-order valence-electron chi connectivity index (χ1n) is 21.1. The number of piperidine rings is 2. The van der Waals surface area contributed by atoms with E-state index in [0.29, 0.717) is 50.3 Å². The lowest BCUT2D eigenvalue weighted by Gasteiger charge is -2.42. The highest BCUT2D eigenvalue weighted by molar-refractivity contribution is 6.23. The van der Waals surface area contributed by atoms with Crippen LogP contribution in [0.4, 0.5) is 18.9 Å². The fourth-order valence-corrected chi connectivity index (χ4v) is 9.96. The molecule has 316 valence electrons. The highest BCUT2D eigenvalue weighted by Gasteiger charge is 2.45. The molecule has 1 atom stereocenters. The number of anilines is 1. The number of fused-ring (bicyclic) bond motifs is 4. The van der Waals surface area contributed by atoms with Gasteiger partial charge in [-0.25, -0.2) is 9.37 Å². The van der Waals surface area contributed by atoms with Crippen molar-refractivity contribution < 1.29 is 37.1 Å². The van der Waals surface area contributed by atoms with E-state index in [1.165, 1.54) is 18.5 Å². The zero-order valence-corrected chi connectivity index (χ0v) is 33.4. The first kappa shape index (κ1) is 39.3. The van der Waals surface area contributed by atoms with Crippen molar-refractivity contribution >= 4 is 51.1 Å². The maximum absolute atomic E-state index is 15.3. The van der Waals surface area contributed by atoms with E-state index in [9.17, 15) is 28.0 Å². The fraction of sp³-hybridized carbons (Fsp3) is 0.422. The number of ether oxygens (including phenoxy) is 1. The number of pyridine rings is 2. The zero-order chi connectivity index (χ0) is 41.9. The summed E-state index contributed by atoms with van der Waals surface area (Å²) in [4.78, 5) is 67.2. The number of carbonyl (C=O) groups excluding carboxylic acids is 4.